The number of thiophene rings is 1. The molecule has 9 heteroatoms. The van der Waals surface area contributed by atoms with E-state index in [0.29, 0.717) is 10.4 Å². The van der Waals surface area contributed by atoms with Gasteiger partial charge in [-0.2, -0.15) is 0 Å². The molecule has 28 heavy (non-hydrogen) atoms. The third-order valence-corrected chi connectivity index (χ3v) is 5.81. The molecule has 1 aliphatic carbocycles. The molecule has 0 saturated heterocycles. The van der Waals surface area contributed by atoms with E-state index in [-0.39, 0.29) is 17.5 Å². The maximum atomic E-state index is 12.5. The van der Waals surface area contributed by atoms with Crippen LogP contribution in [-0.2, 0) is 17.6 Å². The summed E-state index contributed by atoms with van der Waals surface area (Å²) in [6.07, 6.45) is 3.64. The van der Waals surface area contributed by atoms with Crippen LogP contribution in [0.2, 0.25) is 0 Å². The molecule has 144 valence electrons. The van der Waals surface area contributed by atoms with Gasteiger partial charge in [-0.3, -0.25) is 10.1 Å². The zero-order valence-electron chi connectivity index (χ0n) is 15.1. The minimum atomic E-state index is -0.703. The third kappa shape index (κ3) is 3.65. The molecular formula is C19H17N3O5S. The van der Waals surface area contributed by atoms with Crippen LogP contribution in [0.3, 0.4) is 0 Å². The van der Waals surface area contributed by atoms with Crippen molar-refractivity contribution in [2.45, 2.75) is 38.7 Å². The lowest BCUT2D eigenvalue weighted by Crippen LogP contribution is -2.08. The smallest absolute Gasteiger partial charge is 0.349 e. The highest BCUT2D eigenvalue weighted by Gasteiger charge is 2.23. The second-order valence-corrected chi connectivity index (χ2v) is 7.70. The van der Waals surface area contributed by atoms with Crippen molar-refractivity contribution >= 4 is 23.0 Å². The molecule has 3 aromatic rings. The molecule has 0 radical (unpaired) electrons. The molecular weight excluding hydrogens is 382 g/mol. The predicted molar refractivity (Wildman–Crippen MR) is 101 cm³/mol. The standard InChI is InChI=1S/C19H17N3O5S/c1-11(26-19(23)16-10-13-4-2-3-5-15(13)28-16)17-20-21-18(27-17)12-6-8-14(9-7-12)22(24)25/h6-11H,2-5H2,1H3/t11-/m0/s1. The van der Waals surface area contributed by atoms with E-state index in [1.54, 1.807) is 6.92 Å². The van der Waals surface area contributed by atoms with Crippen LogP contribution in [0.5, 0.6) is 0 Å². The molecule has 0 N–H and O–H groups in total. The van der Waals surface area contributed by atoms with Crippen molar-refractivity contribution in [3.8, 4) is 11.5 Å². The quantitative estimate of drug-likeness (QED) is 0.353. The predicted octanol–water partition coefficient (Wildman–Crippen LogP) is 4.50. The van der Waals surface area contributed by atoms with E-state index in [4.69, 9.17) is 9.15 Å². The summed E-state index contributed by atoms with van der Waals surface area (Å²) in [6, 6.07) is 7.71. The molecule has 2 heterocycles. The molecule has 0 amide bonds. The number of aryl methyl sites for hydroxylation is 2. The van der Waals surface area contributed by atoms with Gasteiger partial charge < -0.3 is 9.15 Å². The largest absolute Gasteiger partial charge is 0.448 e. The van der Waals surface area contributed by atoms with E-state index >= 15 is 0 Å². The van der Waals surface area contributed by atoms with E-state index in [0.717, 1.165) is 25.7 Å². The van der Waals surface area contributed by atoms with Crippen molar-refractivity contribution in [2.24, 2.45) is 0 Å². The molecule has 1 aromatic carbocycles. The third-order valence-electron chi connectivity index (χ3n) is 4.60. The fourth-order valence-corrected chi connectivity index (χ4v) is 4.24. The molecule has 0 aliphatic heterocycles. The number of nitro groups is 1. The fraction of sp³-hybridized carbons (Fsp3) is 0.316. The Morgan fingerprint density at radius 3 is 2.71 bits per heavy atom. The van der Waals surface area contributed by atoms with Gasteiger partial charge in [-0.25, -0.2) is 4.79 Å². The molecule has 0 bridgehead atoms. The van der Waals surface area contributed by atoms with Crippen LogP contribution in [-0.4, -0.2) is 21.1 Å². The van der Waals surface area contributed by atoms with Crippen LogP contribution >= 0.6 is 11.3 Å². The summed E-state index contributed by atoms with van der Waals surface area (Å²) in [6.45, 7) is 1.67. The van der Waals surface area contributed by atoms with Crippen molar-refractivity contribution in [1.29, 1.82) is 0 Å². The Labute approximate surface area is 164 Å². The topological polar surface area (TPSA) is 108 Å². The van der Waals surface area contributed by atoms with Crippen molar-refractivity contribution < 1.29 is 18.9 Å². The number of non-ortho nitro benzene ring substituents is 1. The number of aromatic nitrogens is 2. The minimum Gasteiger partial charge on any atom is -0.448 e. The van der Waals surface area contributed by atoms with Crippen LogP contribution in [0.25, 0.3) is 11.5 Å². The summed E-state index contributed by atoms with van der Waals surface area (Å²) in [5, 5.41) is 18.6. The number of carbonyl (C=O) groups is 1. The van der Waals surface area contributed by atoms with Crippen LogP contribution in [0.1, 0.15) is 51.9 Å². The number of nitrogens with zero attached hydrogens (tertiary/aromatic N) is 3. The van der Waals surface area contributed by atoms with E-state index in [1.165, 1.54) is 46.0 Å². The number of ether oxygens (including phenoxy) is 1. The Kier molecular flexibility index (Phi) is 4.91. The average molecular weight is 399 g/mol. The highest BCUT2D eigenvalue weighted by Crippen LogP contribution is 2.31. The van der Waals surface area contributed by atoms with Gasteiger partial charge in [-0.1, -0.05) is 0 Å². The molecule has 0 spiro atoms. The van der Waals surface area contributed by atoms with Gasteiger partial charge >= 0.3 is 5.97 Å². The number of benzene rings is 1. The number of esters is 1. The molecule has 2 aromatic heterocycles. The molecule has 4 rings (SSSR count). The van der Waals surface area contributed by atoms with Gasteiger partial charge in [-0.05, 0) is 56.4 Å². The molecule has 1 aliphatic rings. The van der Waals surface area contributed by atoms with Crippen molar-refractivity contribution in [2.75, 3.05) is 0 Å². The number of nitro benzene ring substituents is 1. The summed E-state index contributed by atoms with van der Waals surface area (Å²) >= 11 is 1.49. The Morgan fingerprint density at radius 1 is 1.25 bits per heavy atom. The molecule has 0 fully saturated rings. The zero-order valence-corrected chi connectivity index (χ0v) is 15.9. The first-order valence-corrected chi connectivity index (χ1v) is 9.73. The van der Waals surface area contributed by atoms with E-state index < -0.39 is 17.0 Å². The van der Waals surface area contributed by atoms with Gasteiger partial charge in [0.1, 0.15) is 4.88 Å². The number of hydrogen-bond acceptors (Lipinski definition) is 8. The summed E-state index contributed by atoms with van der Waals surface area (Å²) in [7, 11) is 0. The summed E-state index contributed by atoms with van der Waals surface area (Å²) in [5.74, 6) is -0.0237. The van der Waals surface area contributed by atoms with Crippen LogP contribution in [0.4, 0.5) is 5.69 Å². The SMILES string of the molecule is C[C@H](OC(=O)c1cc2c(s1)CCCC2)c1nnc(-c2ccc([N+](=O)[O-])cc2)o1. The van der Waals surface area contributed by atoms with E-state index in [9.17, 15) is 14.9 Å². The van der Waals surface area contributed by atoms with Crippen LogP contribution in [0, 0.1) is 10.1 Å². The Balaban J connectivity index is 1.45. The van der Waals surface area contributed by atoms with Crippen LogP contribution < -0.4 is 0 Å². The molecule has 0 saturated carbocycles. The van der Waals surface area contributed by atoms with Gasteiger partial charge in [0, 0.05) is 22.6 Å². The number of hydrogen-bond donors (Lipinski definition) is 0. The number of fused-ring (bicyclic) bond motifs is 1. The van der Waals surface area contributed by atoms with Gasteiger partial charge in [-0.15, -0.1) is 21.5 Å². The van der Waals surface area contributed by atoms with Crippen LogP contribution in [0.15, 0.2) is 34.7 Å². The first-order chi connectivity index (χ1) is 13.5. The normalized spacial score (nSPS) is 14.3. The molecule has 1 atom stereocenters. The molecule has 0 unspecified atom stereocenters. The Bertz CT molecular complexity index is 1000. The second kappa shape index (κ2) is 7.51. The maximum absolute atomic E-state index is 12.5. The van der Waals surface area contributed by atoms with E-state index in [2.05, 4.69) is 10.2 Å². The molecule has 8 nitrogen and oxygen atoms in total. The van der Waals surface area contributed by atoms with E-state index in [1.807, 2.05) is 6.07 Å². The van der Waals surface area contributed by atoms with Crippen molar-refractivity contribution in [3.63, 3.8) is 0 Å². The lowest BCUT2D eigenvalue weighted by atomic mass is 9.99. The second-order valence-electron chi connectivity index (χ2n) is 6.56. The Hall–Kier alpha value is -3.07. The maximum Gasteiger partial charge on any atom is 0.349 e. The lowest BCUT2D eigenvalue weighted by Gasteiger charge is -2.08. The van der Waals surface area contributed by atoms with Crippen molar-refractivity contribution in [1.82, 2.24) is 10.2 Å². The number of carbonyl (C=O) groups excluding carboxylic acids is 1. The van der Waals surface area contributed by atoms with Gasteiger partial charge in [0.05, 0.1) is 4.92 Å². The first-order valence-electron chi connectivity index (χ1n) is 8.92. The monoisotopic (exact) mass is 399 g/mol. The van der Waals surface area contributed by atoms with Gasteiger partial charge in [0.2, 0.25) is 5.89 Å². The lowest BCUT2D eigenvalue weighted by molar-refractivity contribution is -0.384. The highest BCUT2D eigenvalue weighted by atomic mass is 32.1. The highest BCUT2D eigenvalue weighted by molar-refractivity contribution is 7.14. The van der Waals surface area contributed by atoms with Gasteiger partial charge in [0.25, 0.3) is 11.6 Å². The summed E-state index contributed by atoms with van der Waals surface area (Å²) < 4.78 is 11.1. The number of rotatable bonds is 5. The summed E-state index contributed by atoms with van der Waals surface area (Å²) in [5.41, 5.74) is 1.77. The van der Waals surface area contributed by atoms with Crippen molar-refractivity contribution in [3.05, 3.63) is 61.7 Å². The van der Waals surface area contributed by atoms with Gasteiger partial charge in [0.15, 0.2) is 6.10 Å². The minimum absolute atomic E-state index is 0.0237. The first kappa shape index (κ1) is 18.3. The average Bonchev–Trinajstić information content (AvgIpc) is 3.35. The Morgan fingerprint density at radius 2 is 2.00 bits per heavy atom. The fourth-order valence-electron chi connectivity index (χ4n) is 3.10. The zero-order chi connectivity index (χ0) is 19.7. The summed E-state index contributed by atoms with van der Waals surface area (Å²) in [4.78, 5) is 24.6.